The minimum Gasteiger partial charge on any atom is -0.385 e. The summed E-state index contributed by atoms with van der Waals surface area (Å²) in [6.45, 7) is 9.08. The molecule has 0 atom stereocenters. The average Bonchev–Trinajstić information content (AvgIpc) is 2.72. The van der Waals surface area contributed by atoms with Gasteiger partial charge in [0.1, 0.15) is 0 Å². The van der Waals surface area contributed by atoms with Gasteiger partial charge >= 0.3 is 0 Å². The van der Waals surface area contributed by atoms with E-state index in [1.54, 1.807) is 7.11 Å². The third kappa shape index (κ3) is 10.6. The van der Waals surface area contributed by atoms with E-state index >= 15 is 0 Å². The van der Waals surface area contributed by atoms with Gasteiger partial charge in [-0.3, -0.25) is 9.89 Å². The number of benzene rings is 1. The molecule has 1 aromatic rings. The number of nitrogens with one attached hydrogen (secondary N) is 2. The molecular formula is C21H38IN5O2. The first-order chi connectivity index (χ1) is 13.7. The lowest BCUT2D eigenvalue weighted by Crippen LogP contribution is -2.41. The molecule has 1 heterocycles. The van der Waals surface area contributed by atoms with Crippen molar-refractivity contribution >= 4 is 29.9 Å². The second-order valence-electron chi connectivity index (χ2n) is 7.16. The van der Waals surface area contributed by atoms with Crippen molar-refractivity contribution in [3.63, 3.8) is 0 Å². The fraction of sp³-hybridized carbons (Fsp3) is 0.667. The highest BCUT2D eigenvalue weighted by atomic mass is 127. The van der Waals surface area contributed by atoms with Crippen molar-refractivity contribution in [1.82, 2.24) is 20.4 Å². The van der Waals surface area contributed by atoms with Gasteiger partial charge < -0.3 is 25.0 Å². The first kappa shape index (κ1) is 26.1. The summed E-state index contributed by atoms with van der Waals surface area (Å²) in [4.78, 5) is 9.11. The summed E-state index contributed by atoms with van der Waals surface area (Å²) in [6, 6.07) is 8.63. The van der Waals surface area contributed by atoms with Crippen LogP contribution in [0.3, 0.4) is 0 Å². The highest BCUT2D eigenvalue weighted by Gasteiger charge is 2.12. The van der Waals surface area contributed by atoms with Crippen LogP contribution >= 0.6 is 24.0 Å². The number of rotatable bonds is 11. The molecule has 8 heteroatoms. The van der Waals surface area contributed by atoms with E-state index in [1.807, 2.05) is 7.05 Å². The number of morpholine rings is 1. The molecule has 1 saturated heterocycles. The molecule has 7 nitrogen and oxygen atoms in total. The molecule has 0 saturated carbocycles. The van der Waals surface area contributed by atoms with Crippen LogP contribution in [0.4, 0.5) is 0 Å². The number of nitrogens with zero attached hydrogens (tertiary/aromatic N) is 3. The highest BCUT2D eigenvalue weighted by Crippen LogP contribution is 2.12. The molecule has 0 aromatic heterocycles. The first-order valence-corrected chi connectivity index (χ1v) is 10.2. The van der Waals surface area contributed by atoms with Crippen LogP contribution in [0.2, 0.25) is 0 Å². The summed E-state index contributed by atoms with van der Waals surface area (Å²) in [5.41, 5.74) is 2.68. The zero-order chi connectivity index (χ0) is 20.0. The number of hydrogen-bond acceptors (Lipinski definition) is 5. The molecule has 166 valence electrons. The Labute approximate surface area is 193 Å². The molecule has 2 N–H and O–H groups in total. The fourth-order valence-corrected chi connectivity index (χ4v) is 3.24. The van der Waals surface area contributed by atoms with Crippen LogP contribution in [-0.4, -0.2) is 89.5 Å². The second kappa shape index (κ2) is 15.8. The Kier molecular flexibility index (Phi) is 14.3. The first-order valence-electron chi connectivity index (χ1n) is 10.2. The topological polar surface area (TPSA) is 61.4 Å². The SMILES string of the molecule is CN=C(NCCN(C)CCCOC)NCc1ccccc1CN1CCOCC1.I. The monoisotopic (exact) mass is 519 g/mol. The minimum absolute atomic E-state index is 0. The van der Waals surface area contributed by atoms with Gasteiger partial charge in [0.25, 0.3) is 0 Å². The standard InChI is InChI=1S/C21H37N5O2.HI/c1-22-21(23-9-11-25(2)10-6-14-27-3)24-17-19-7-4-5-8-20(19)18-26-12-15-28-16-13-26;/h4-5,7-8H,6,9-18H2,1-3H3,(H2,22,23,24);1H. The molecule has 0 spiro atoms. The maximum Gasteiger partial charge on any atom is 0.191 e. The summed E-state index contributed by atoms with van der Waals surface area (Å²) in [6.07, 6.45) is 1.06. The van der Waals surface area contributed by atoms with Gasteiger partial charge in [-0.25, -0.2) is 0 Å². The number of aliphatic imine (C=N–C) groups is 1. The Hall–Kier alpha value is -0.940. The zero-order valence-corrected chi connectivity index (χ0v) is 20.5. The molecule has 2 rings (SSSR count). The quantitative estimate of drug-likeness (QED) is 0.201. The second-order valence-corrected chi connectivity index (χ2v) is 7.16. The third-order valence-corrected chi connectivity index (χ3v) is 4.96. The van der Waals surface area contributed by atoms with Gasteiger partial charge in [0.05, 0.1) is 13.2 Å². The molecular weight excluding hydrogens is 481 g/mol. The smallest absolute Gasteiger partial charge is 0.191 e. The summed E-state index contributed by atoms with van der Waals surface area (Å²) < 4.78 is 10.6. The van der Waals surface area contributed by atoms with E-state index in [0.717, 1.165) is 78.0 Å². The normalized spacial score (nSPS) is 15.2. The van der Waals surface area contributed by atoms with Crippen LogP contribution in [-0.2, 0) is 22.6 Å². The van der Waals surface area contributed by atoms with Gasteiger partial charge in [-0.05, 0) is 24.6 Å². The lowest BCUT2D eigenvalue weighted by atomic mass is 10.1. The van der Waals surface area contributed by atoms with E-state index in [4.69, 9.17) is 9.47 Å². The number of methoxy groups -OCH3 is 1. The Morgan fingerprint density at radius 2 is 1.90 bits per heavy atom. The van der Waals surface area contributed by atoms with E-state index in [0.29, 0.717) is 0 Å². The molecule has 0 unspecified atom stereocenters. The number of likely N-dealkylation sites (N-methyl/N-ethyl adjacent to an activating group) is 1. The maximum atomic E-state index is 5.46. The van der Waals surface area contributed by atoms with Crippen LogP contribution in [0, 0.1) is 0 Å². The molecule has 1 aliphatic rings. The van der Waals surface area contributed by atoms with E-state index in [1.165, 1.54) is 11.1 Å². The Balaban J connectivity index is 0.00000420. The van der Waals surface area contributed by atoms with Crippen molar-refractivity contribution in [3.05, 3.63) is 35.4 Å². The zero-order valence-electron chi connectivity index (χ0n) is 18.2. The van der Waals surface area contributed by atoms with Gasteiger partial charge in [-0.15, -0.1) is 24.0 Å². The van der Waals surface area contributed by atoms with Crippen LogP contribution in [0.5, 0.6) is 0 Å². The Morgan fingerprint density at radius 3 is 2.59 bits per heavy atom. The fourth-order valence-electron chi connectivity index (χ4n) is 3.24. The molecule has 1 aromatic carbocycles. The molecule has 0 bridgehead atoms. The molecule has 0 radical (unpaired) electrons. The van der Waals surface area contributed by atoms with Crippen molar-refractivity contribution < 1.29 is 9.47 Å². The summed E-state index contributed by atoms with van der Waals surface area (Å²) in [5.74, 6) is 0.839. The van der Waals surface area contributed by atoms with E-state index < -0.39 is 0 Å². The van der Waals surface area contributed by atoms with E-state index in [2.05, 4.69) is 56.7 Å². The van der Waals surface area contributed by atoms with Crippen LogP contribution in [0.25, 0.3) is 0 Å². The van der Waals surface area contributed by atoms with Gasteiger partial charge in [0.2, 0.25) is 0 Å². The summed E-state index contributed by atoms with van der Waals surface area (Å²) in [5, 5.41) is 6.85. The predicted octanol–water partition coefficient (Wildman–Crippen LogP) is 1.77. The van der Waals surface area contributed by atoms with Crippen molar-refractivity contribution in [1.29, 1.82) is 0 Å². The number of hydrogen-bond donors (Lipinski definition) is 2. The van der Waals surface area contributed by atoms with Crippen molar-refractivity contribution in [2.45, 2.75) is 19.5 Å². The van der Waals surface area contributed by atoms with Crippen LogP contribution < -0.4 is 10.6 Å². The molecule has 0 aliphatic carbocycles. The van der Waals surface area contributed by atoms with Gasteiger partial charge in [-0.1, -0.05) is 24.3 Å². The summed E-state index contributed by atoms with van der Waals surface area (Å²) in [7, 11) is 5.70. The molecule has 1 aliphatic heterocycles. The van der Waals surface area contributed by atoms with Crippen LogP contribution in [0.1, 0.15) is 17.5 Å². The Bertz CT molecular complexity index is 582. The molecule has 1 fully saturated rings. The van der Waals surface area contributed by atoms with Gasteiger partial charge in [-0.2, -0.15) is 0 Å². The lowest BCUT2D eigenvalue weighted by Gasteiger charge is -2.27. The van der Waals surface area contributed by atoms with Crippen molar-refractivity contribution in [2.24, 2.45) is 4.99 Å². The lowest BCUT2D eigenvalue weighted by molar-refractivity contribution is 0.0341. The largest absolute Gasteiger partial charge is 0.385 e. The van der Waals surface area contributed by atoms with Gasteiger partial charge in [0.15, 0.2) is 5.96 Å². The predicted molar refractivity (Wildman–Crippen MR) is 130 cm³/mol. The Morgan fingerprint density at radius 1 is 1.17 bits per heavy atom. The van der Waals surface area contributed by atoms with E-state index in [9.17, 15) is 0 Å². The average molecular weight is 519 g/mol. The summed E-state index contributed by atoms with van der Waals surface area (Å²) >= 11 is 0. The van der Waals surface area contributed by atoms with Crippen molar-refractivity contribution in [3.8, 4) is 0 Å². The number of ether oxygens (including phenoxy) is 2. The minimum atomic E-state index is 0. The third-order valence-electron chi connectivity index (χ3n) is 4.96. The maximum absolute atomic E-state index is 5.46. The number of halogens is 1. The number of guanidine groups is 1. The molecule has 29 heavy (non-hydrogen) atoms. The molecule has 0 amide bonds. The van der Waals surface area contributed by atoms with Gasteiger partial charge in [0, 0.05) is 66.6 Å². The highest BCUT2D eigenvalue weighted by molar-refractivity contribution is 14.0. The van der Waals surface area contributed by atoms with Crippen molar-refractivity contribution in [2.75, 3.05) is 73.7 Å². The van der Waals surface area contributed by atoms with Crippen LogP contribution in [0.15, 0.2) is 29.3 Å². The van der Waals surface area contributed by atoms with E-state index in [-0.39, 0.29) is 24.0 Å².